The van der Waals surface area contributed by atoms with Gasteiger partial charge in [-0.1, -0.05) is 80.1 Å². The van der Waals surface area contributed by atoms with Crippen LogP contribution in [0.2, 0.25) is 0 Å². The molecule has 1 fully saturated rings. The van der Waals surface area contributed by atoms with Gasteiger partial charge in [-0.2, -0.15) is 0 Å². The van der Waals surface area contributed by atoms with Gasteiger partial charge < -0.3 is 0 Å². The summed E-state index contributed by atoms with van der Waals surface area (Å²) in [5, 5.41) is 0. The second kappa shape index (κ2) is 12.6. The normalized spacial score (nSPS) is 21.6. The number of allylic oxidation sites excluding steroid dienone is 4. The van der Waals surface area contributed by atoms with Gasteiger partial charge in [-0.05, 0) is 98.3 Å². The van der Waals surface area contributed by atoms with Crippen molar-refractivity contribution in [3.8, 4) is 22.3 Å². The topological polar surface area (TPSA) is 0 Å². The zero-order valence-electron chi connectivity index (χ0n) is 23.5. The van der Waals surface area contributed by atoms with Gasteiger partial charge in [0.25, 0.3) is 0 Å². The Morgan fingerprint density at radius 1 is 0.675 bits per heavy atom. The van der Waals surface area contributed by atoms with Crippen LogP contribution in [0.1, 0.15) is 76.3 Å². The predicted octanol–water partition coefficient (Wildman–Crippen LogP) is 11.1. The van der Waals surface area contributed by atoms with Crippen LogP contribution in [0.15, 0.2) is 66.8 Å². The Balaban J connectivity index is 1.30. The summed E-state index contributed by atoms with van der Waals surface area (Å²) < 4.78 is 59.8. The van der Waals surface area contributed by atoms with E-state index >= 15 is 8.78 Å². The molecule has 0 amide bonds. The van der Waals surface area contributed by atoms with Crippen LogP contribution in [0.3, 0.4) is 0 Å². The molecule has 0 bridgehead atoms. The van der Waals surface area contributed by atoms with Gasteiger partial charge in [-0.15, -0.1) is 0 Å². The van der Waals surface area contributed by atoms with Crippen molar-refractivity contribution in [2.75, 3.05) is 0 Å². The second-order valence-electron chi connectivity index (χ2n) is 11.5. The average Bonchev–Trinajstić information content (AvgIpc) is 2.98. The number of halogens is 4. The smallest absolute Gasteiger partial charge is 0.167 e. The van der Waals surface area contributed by atoms with Crippen LogP contribution < -0.4 is 0 Å². The lowest BCUT2D eigenvalue weighted by molar-refractivity contribution is 0.212. The molecular formula is C36H38F4. The van der Waals surface area contributed by atoms with Crippen molar-refractivity contribution in [1.29, 1.82) is 0 Å². The van der Waals surface area contributed by atoms with Gasteiger partial charge in [-0.25, -0.2) is 17.6 Å². The van der Waals surface area contributed by atoms with Gasteiger partial charge >= 0.3 is 0 Å². The van der Waals surface area contributed by atoms with Gasteiger partial charge in [0.2, 0.25) is 0 Å². The fourth-order valence-corrected chi connectivity index (χ4v) is 6.73. The molecule has 0 radical (unpaired) electrons. The molecule has 1 unspecified atom stereocenters. The summed E-state index contributed by atoms with van der Waals surface area (Å²) in [6, 6.07) is 13.0. The monoisotopic (exact) mass is 546 g/mol. The summed E-state index contributed by atoms with van der Waals surface area (Å²) in [7, 11) is 0. The van der Waals surface area contributed by atoms with Crippen LogP contribution in [-0.4, -0.2) is 0 Å². The average molecular weight is 547 g/mol. The summed E-state index contributed by atoms with van der Waals surface area (Å²) in [6.07, 6.45) is 15.5. The minimum Gasteiger partial charge on any atom is -0.203 e. The van der Waals surface area contributed by atoms with E-state index in [-0.39, 0.29) is 11.1 Å². The Morgan fingerprint density at radius 3 is 1.82 bits per heavy atom. The Labute approximate surface area is 235 Å². The molecule has 2 aliphatic rings. The highest BCUT2D eigenvalue weighted by molar-refractivity contribution is 5.74. The summed E-state index contributed by atoms with van der Waals surface area (Å²) in [4.78, 5) is 0. The lowest BCUT2D eigenvalue weighted by Gasteiger charge is -2.35. The Morgan fingerprint density at radius 2 is 1.25 bits per heavy atom. The lowest BCUT2D eigenvalue weighted by Crippen LogP contribution is -2.22. The third-order valence-electron chi connectivity index (χ3n) is 9.02. The molecule has 1 atom stereocenters. The van der Waals surface area contributed by atoms with Crippen LogP contribution in [0.4, 0.5) is 17.6 Å². The Bertz CT molecular complexity index is 1390. The van der Waals surface area contributed by atoms with Crippen molar-refractivity contribution in [3.05, 3.63) is 101 Å². The van der Waals surface area contributed by atoms with Crippen LogP contribution in [-0.2, 0) is 6.42 Å². The molecule has 0 aromatic heterocycles. The number of rotatable bonds is 7. The molecule has 0 saturated heterocycles. The van der Waals surface area contributed by atoms with Gasteiger partial charge in [-0.3, -0.25) is 0 Å². The van der Waals surface area contributed by atoms with E-state index in [2.05, 4.69) is 25.2 Å². The molecule has 0 heterocycles. The minimum absolute atomic E-state index is 0.152. The van der Waals surface area contributed by atoms with Gasteiger partial charge in [0, 0.05) is 16.7 Å². The lowest BCUT2D eigenvalue weighted by atomic mass is 9.71. The number of aryl methyl sites for hydroxylation is 1. The van der Waals surface area contributed by atoms with Crippen LogP contribution in [0.5, 0.6) is 0 Å². The number of hydrogen-bond acceptors (Lipinski definition) is 0. The molecule has 5 rings (SSSR count). The van der Waals surface area contributed by atoms with E-state index in [9.17, 15) is 8.78 Å². The molecule has 210 valence electrons. The van der Waals surface area contributed by atoms with Crippen LogP contribution in [0.25, 0.3) is 27.8 Å². The van der Waals surface area contributed by atoms with E-state index in [1.807, 2.05) is 6.92 Å². The van der Waals surface area contributed by atoms with Crippen molar-refractivity contribution in [2.24, 2.45) is 17.8 Å². The zero-order chi connectivity index (χ0) is 28.2. The highest BCUT2D eigenvalue weighted by Crippen LogP contribution is 2.42. The third kappa shape index (κ3) is 5.82. The van der Waals surface area contributed by atoms with E-state index in [4.69, 9.17) is 0 Å². The standard InChI is InChI=1S/C36H38F4/c1-3-5-23-7-9-24(10-8-23)25-11-13-26(14-12-25)31-21-22-32(36(40)35(31)39)28-17-15-27(16-18-28)30-20-19-29(6-4-2)33(37)34(30)38/h3,5,13,15-25H,4,6-12,14H2,1-2H3. The van der Waals surface area contributed by atoms with Gasteiger partial charge in [0.1, 0.15) is 0 Å². The van der Waals surface area contributed by atoms with E-state index in [1.54, 1.807) is 48.5 Å². The number of benzene rings is 3. The summed E-state index contributed by atoms with van der Waals surface area (Å²) in [5.41, 5.74) is 2.87. The minimum atomic E-state index is -0.885. The molecule has 2 aliphatic carbocycles. The summed E-state index contributed by atoms with van der Waals surface area (Å²) >= 11 is 0. The molecule has 3 aromatic carbocycles. The van der Waals surface area contributed by atoms with Crippen molar-refractivity contribution in [1.82, 2.24) is 0 Å². The van der Waals surface area contributed by atoms with Gasteiger partial charge in [0.15, 0.2) is 23.3 Å². The second-order valence-corrected chi connectivity index (χ2v) is 11.5. The SMILES string of the molecule is CC=CC1CCC(C2CC=C(c3ccc(-c4ccc(-c5ccc(CCC)c(F)c5F)cc4)c(F)c3F)CC2)CC1. The molecular weight excluding hydrogens is 508 g/mol. The first-order chi connectivity index (χ1) is 19.4. The van der Waals surface area contributed by atoms with Crippen molar-refractivity contribution < 1.29 is 17.6 Å². The maximum Gasteiger partial charge on any atom is 0.167 e. The fraction of sp³-hybridized carbons (Fsp3) is 0.389. The predicted molar refractivity (Wildman–Crippen MR) is 157 cm³/mol. The summed E-state index contributed by atoms with van der Waals surface area (Å²) in [5.74, 6) is -1.34. The van der Waals surface area contributed by atoms with Gasteiger partial charge in [0.05, 0.1) is 0 Å². The molecule has 4 heteroatoms. The Kier molecular flexibility index (Phi) is 8.93. The molecule has 0 nitrogen and oxygen atoms in total. The maximum atomic E-state index is 15.3. The number of hydrogen-bond donors (Lipinski definition) is 0. The maximum absolute atomic E-state index is 15.3. The largest absolute Gasteiger partial charge is 0.203 e. The molecule has 0 N–H and O–H groups in total. The molecule has 40 heavy (non-hydrogen) atoms. The van der Waals surface area contributed by atoms with E-state index < -0.39 is 23.3 Å². The first-order valence-corrected chi connectivity index (χ1v) is 14.8. The highest BCUT2D eigenvalue weighted by atomic mass is 19.2. The molecule has 3 aromatic rings. The quantitative estimate of drug-likeness (QED) is 0.204. The molecule has 0 spiro atoms. The first-order valence-electron chi connectivity index (χ1n) is 14.8. The van der Waals surface area contributed by atoms with E-state index in [1.165, 1.54) is 25.7 Å². The fourth-order valence-electron chi connectivity index (χ4n) is 6.73. The van der Waals surface area contributed by atoms with Crippen molar-refractivity contribution in [2.45, 2.75) is 71.6 Å². The van der Waals surface area contributed by atoms with Crippen molar-refractivity contribution >= 4 is 5.57 Å². The third-order valence-corrected chi connectivity index (χ3v) is 9.02. The van der Waals surface area contributed by atoms with Crippen LogP contribution in [0, 0.1) is 41.0 Å². The van der Waals surface area contributed by atoms with Crippen molar-refractivity contribution in [3.63, 3.8) is 0 Å². The highest BCUT2D eigenvalue weighted by Gasteiger charge is 2.29. The van der Waals surface area contributed by atoms with Crippen LogP contribution >= 0.6 is 0 Å². The first kappa shape index (κ1) is 28.4. The van der Waals surface area contributed by atoms with E-state index in [0.29, 0.717) is 40.5 Å². The zero-order valence-corrected chi connectivity index (χ0v) is 23.5. The summed E-state index contributed by atoms with van der Waals surface area (Å²) in [6.45, 7) is 4.00. The molecule has 1 saturated carbocycles. The Hall–Kier alpha value is -3.14. The molecule has 0 aliphatic heterocycles. The van der Waals surface area contributed by atoms with E-state index in [0.717, 1.165) is 37.2 Å².